The smallest absolute Gasteiger partial charge is 0.303 e. The van der Waals surface area contributed by atoms with Crippen molar-refractivity contribution in [3.8, 4) is 0 Å². The summed E-state index contributed by atoms with van der Waals surface area (Å²) >= 11 is 0. The van der Waals surface area contributed by atoms with Gasteiger partial charge in [0.05, 0.1) is 6.42 Å². The van der Waals surface area contributed by atoms with Crippen molar-refractivity contribution in [1.29, 1.82) is 0 Å². The van der Waals surface area contributed by atoms with Gasteiger partial charge < -0.3 is 5.11 Å². The van der Waals surface area contributed by atoms with Crippen molar-refractivity contribution in [1.82, 2.24) is 0 Å². The molecule has 2 heteroatoms. The van der Waals surface area contributed by atoms with E-state index in [1.165, 1.54) is 0 Å². The zero-order valence-electron chi connectivity index (χ0n) is 13.1. The first-order chi connectivity index (χ1) is 7.17. The Labute approximate surface area is 107 Å². The fraction of sp³-hybridized carbons (Fsp3) is 0.933. The van der Waals surface area contributed by atoms with Crippen molar-refractivity contribution in [2.75, 3.05) is 0 Å². The Balaban J connectivity index is 5.73. The molecule has 0 bridgehead atoms. The maximum Gasteiger partial charge on any atom is 0.303 e. The molecule has 0 spiro atoms. The van der Waals surface area contributed by atoms with Crippen LogP contribution in [0.25, 0.3) is 0 Å². The Kier molecular flexibility index (Phi) is 4.16. The lowest BCUT2D eigenvalue weighted by molar-refractivity contribution is -0.153. The lowest BCUT2D eigenvalue weighted by Crippen LogP contribution is -2.52. The zero-order valence-corrected chi connectivity index (χ0v) is 13.1. The van der Waals surface area contributed by atoms with E-state index in [-0.39, 0.29) is 28.1 Å². The van der Waals surface area contributed by atoms with E-state index in [1.807, 2.05) is 0 Å². The molecule has 0 aliphatic rings. The minimum atomic E-state index is -0.709. The van der Waals surface area contributed by atoms with Crippen LogP contribution in [-0.4, -0.2) is 11.1 Å². The van der Waals surface area contributed by atoms with Crippen molar-refractivity contribution in [3.63, 3.8) is 0 Å². The van der Waals surface area contributed by atoms with Gasteiger partial charge in [-0.1, -0.05) is 62.3 Å². The van der Waals surface area contributed by atoms with E-state index >= 15 is 0 Å². The molecule has 0 rings (SSSR count). The summed E-state index contributed by atoms with van der Waals surface area (Å²) in [4.78, 5) is 11.2. The highest BCUT2D eigenvalue weighted by atomic mass is 16.4. The minimum Gasteiger partial charge on any atom is -0.481 e. The summed E-state index contributed by atoms with van der Waals surface area (Å²) in [6, 6.07) is 0. The van der Waals surface area contributed by atoms with E-state index in [2.05, 4.69) is 62.3 Å². The molecule has 0 fully saturated rings. The number of rotatable bonds is 3. The molecule has 1 N–H and O–H groups in total. The highest BCUT2D eigenvalue weighted by molar-refractivity contribution is 5.68. The minimum absolute atomic E-state index is 0.0534. The van der Waals surface area contributed by atoms with Crippen LogP contribution in [0.3, 0.4) is 0 Å². The summed E-state index contributed by atoms with van der Waals surface area (Å²) in [6.45, 7) is 19.5. The molecule has 0 saturated heterocycles. The van der Waals surface area contributed by atoms with Gasteiger partial charge in [-0.05, 0) is 21.7 Å². The number of carboxylic acids is 1. The Morgan fingerprint density at radius 3 is 1.35 bits per heavy atom. The van der Waals surface area contributed by atoms with Crippen LogP contribution in [0.5, 0.6) is 0 Å². The molecule has 17 heavy (non-hydrogen) atoms. The topological polar surface area (TPSA) is 37.3 Å². The molecule has 0 heterocycles. The fourth-order valence-electron chi connectivity index (χ4n) is 2.55. The van der Waals surface area contributed by atoms with Crippen molar-refractivity contribution in [2.24, 2.45) is 21.7 Å². The molecule has 1 unspecified atom stereocenters. The van der Waals surface area contributed by atoms with Crippen LogP contribution in [0.1, 0.15) is 68.7 Å². The van der Waals surface area contributed by atoms with E-state index < -0.39 is 5.97 Å². The second kappa shape index (κ2) is 4.29. The largest absolute Gasteiger partial charge is 0.481 e. The van der Waals surface area contributed by atoms with Crippen LogP contribution in [0.2, 0.25) is 0 Å². The van der Waals surface area contributed by atoms with Gasteiger partial charge in [0.1, 0.15) is 0 Å². The fourth-order valence-corrected chi connectivity index (χ4v) is 2.55. The summed E-state index contributed by atoms with van der Waals surface area (Å²) in [5.41, 5.74) is -0.326. The predicted octanol–water partition coefficient (Wildman–Crippen LogP) is 4.59. The number of hydrogen-bond acceptors (Lipinski definition) is 1. The van der Waals surface area contributed by atoms with E-state index in [0.717, 1.165) is 0 Å². The first-order valence-electron chi connectivity index (χ1n) is 6.38. The molecule has 0 amide bonds. The molecule has 0 aromatic heterocycles. The van der Waals surface area contributed by atoms with Gasteiger partial charge in [0.15, 0.2) is 0 Å². The van der Waals surface area contributed by atoms with Gasteiger partial charge in [-0.3, -0.25) is 4.79 Å². The number of carboxylic acid groups (broad SMARTS) is 1. The lowest BCUT2D eigenvalue weighted by atomic mass is 9.46. The molecular weight excluding hydrogens is 212 g/mol. The van der Waals surface area contributed by atoms with Gasteiger partial charge in [-0.15, -0.1) is 0 Å². The monoisotopic (exact) mass is 242 g/mol. The second-order valence-corrected chi connectivity index (χ2v) is 8.03. The van der Waals surface area contributed by atoms with Gasteiger partial charge in [-0.25, -0.2) is 0 Å². The number of carbonyl (C=O) groups is 1. The third-order valence-electron chi connectivity index (χ3n) is 5.41. The van der Waals surface area contributed by atoms with Crippen molar-refractivity contribution in [2.45, 2.75) is 68.7 Å². The van der Waals surface area contributed by atoms with Crippen LogP contribution in [0.4, 0.5) is 0 Å². The summed E-state index contributed by atoms with van der Waals surface area (Å²) in [5, 5.41) is 9.24. The SMILES string of the molecule is CC(C)(C)C(C)(C)C(C)(CC(=O)O)C(C)(C)C. The summed E-state index contributed by atoms with van der Waals surface area (Å²) in [6.07, 6.45) is 0.209. The standard InChI is InChI=1S/C15H30O2/c1-12(2,3)14(7,8)15(9,10-11(16)17)13(4,5)6/h10H2,1-9H3,(H,16,17). The van der Waals surface area contributed by atoms with E-state index in [0.29, 0.717) is 0 Å². The molecule has 0 aliphatic carbocycles. The molecule has 102 valence electrons. The molecular formula is C15H30O2. The zero-order chi connectivity index (χ0) is 14.3. The Hall–Kier alpha value is -0.530. The average Bonchev–Trinajstić information content (AvgIpc) is 1.97. The van der Waals surface area contributed by atoms with Crippen LogP contribution < -0.4 is 0 Å². The predicted molar refractivity (Wildman–Crippen MR) is 73.1 cm³/mol. The molecule has 0 aliphatic heterocycles. The van der Waals surface area contributed by atoms with E-state index in [4.69, 9.17) is 0 Å². The maximum absolute atomic E-state index is 11.2. The Morgan fingerprint density at radius 2 is 1.18 bits per heavy atom. The third kappa shape index (κ3) is 2.83. The summed E-state index contributed by atoms with van der Waals surface area (Å²) in [7, 11) is 0. The molecule has 0 aromatic rings. The molecule has 0 saturated carbocycles. The second-order valence-electron chi connectivity index (χ2n) is 8.03. The molecule has 1 atom stereocenters. The van der Waals surface area contributed by atoms with Crippen molar-refractivity contribution >= 4 is 5.97 Å². The first-order valence-corrected chi connectivity index (χ1v) is 6.38. The quantitative estimate of drug-likeness (QED) is 0.786. The number of aliphatic carboxylic acids is 1. The Morgan fingerprint density at radius 1 is 0.824 bits per heavy atom. The van der Waals surface area contributed by atoms with E-state index in [1.54, 1.807) is 0 Å². The van der Waals surface area contributed by atoms with Gasteiger partial charge >= 0.3 is 5.97 Å². The van der Waals surface area contributed by atoms with Crippen LogP contribution in [0.15, 0.2) is 0 Å². The van der Waals surface area contributed by atoms with Gasteiger partial charge in [0.25, 0.3) is 0 Å². The lowest BCUT2D eigenvalue weighted by Gasteiger charge is -2.58. The van der Waals surface area contributed by atoms with Gasteiger partial charge in [0, 0.05) is 0 Å². The van der Waals surface area contributed by atoms with Crippen LogP contribution >= 0.6 is 0 Å². The van der Waals surface area contributed by atoms with Crippen LogP contribution in [0, 0.1) is 21.7 Å². The molecule has 0 radical (unpaired) electrons. The summed E-state index contributed by atoms with van der Waals surface area (Å²) in [5.74, 6) is -0.709. The molecule has 0 aromatic carbocycles. The van der Waals surface area contributed by atoms with Gasteiger partial charge in [-0.2, -0.15) is 0 Å². The number of hydrogen-bond donors (Lipinski definition) is 1. The van der Waals surface area contributed by atoms with Gasteiger partial charge in [0.2, 0.25) is 0 Å². The third-order valence-corrected chi connectivity index (χ3v) is 5.41. The normalized spacial score (nSPS) is 17.7. The van der Waals surface area contributed by atoms with Crippen LogP contribution in [-0.2, 0) is 4.79 Å². The van der Waals surface area contributed by atoms with Crippen molar-refractivity contribution in [3.05, 3.63) is 0 Å². The Bertz CT molecular complexity index is 289. The highest BCUT2D eigenvalue weighted by Crippen LogP contribution is 2.60. The van der Waals surface area contributed by atoms with Crippen molar-refractivity contribution < 1.29 is 9.90 Å². The first kappa shape index (κ1) is 16.5. The summed E-state index contributed by atoms with van der Waals surface area (Å²) < 4.78 is 0. The average molecular weight is 242 g/mol. The maximum atomic E-state index is 11.2. The van der Waals surface area contributed by atoms with E-state index in [9.17, 15) is 9.90 Å². The molecule has 2 nitrogen and oxygen atoms in total. The highest BCUT2D eigenvalue weighted by Gasteiger charge is 2.54.